The van der Waals surface area contributed by atoms with E-state index < -0.39 is 17.9 Å². The van der Waals surface area contributed by atoms with Gasteiger partial charge in [0.05, 0.1) is 30.6 Å². The molecule has 0 aliphatic carbocycles. The minimum atomic E-state index is -0.880. The monoisotopic (exact) mass is 471 g/mol. The molecule has 0 spiro atoms. The van der Waals surface area contributed by atoms with Gasteiger partial charge in [0.15, 0.2) is 0 Å². The van der Waals surface area contributed by atoms with Gasteiger partial charge in [-0.1, -0.05) is 48.5 Å². The Kier molecular flexibility index (Phi) is 7.03. The minimum absolute atomic E-state index is 0.0497. The van der Waals surface area contributed by atoms with Gasteiger partial charge in [0.1, 0.15) is 5.92 Å². The number of rotatable bonds is 8. The van der Waals surface area contributed by atoms with E-state index in [1.165, 1.54) is 7.11 Å². The third kappa shape index (κ3) is 5.44. The molecule has 1 unspecified atom stereocenters. The van der Waals surface area contributed by atoms with Gasteiger partial charge >= 0.3 is 11.9 Å². The number of anilines is 1. The Hall–Kier alpha value is -4.30. The minimum Gasteiger partial charge on any atom is -0.480 e. The lowest BCUT2D eigenvalue weighted by molar-refractivity contribution is -0.138. The van der Waals surface area contributed by atoms with Crippen molar-refractivity contribution in [1.29, 1.82) is 0 Å². The fraction of sp³-hybridized carbons (Fsp3) is 0.185. The third-order valence-corrected chi connectivity index (χ3v) is 5.69. The van der Waals surface area contributed by atoms with Crippen LogP contribution in [0.5, 0.6) is 0 Å². The van der Waals surface area contributed by atoms with Gasteiger partial charge in [-0.3, -0.25) is 19.5 Å². The summed E-state index contributed by atoms with van der Waals surface area (Å²) in [6.07, 6.45) is 0. The van der Waals surface area contributed by atoms with Gasteiger partial charge in [0.25, 0.3) is 0 Å². The number of carboxylic acids is 1. The van der Waals surface area contributed by atoms with Crippen molar-refractivity contribution in [2.75, 3.05) is 26.0 Å². The maximum absolute atomic E-state index is 13.1. The van der Waals surface area contributed by atoms with Crippen LogP contribution in [0.4, 0.5) is 11.4 Å². The van der Waals surface area contributed by atoms with E-state index in [2.05, 4.69) is 5.32 Å². The summed E-state index contributed by atoms with van der Waals surface area (Å²) in [5.74, 6) is -2.23. The van der Waals surface area contributed by atoms with E-state index in [9.17, 15) is 14.4 Å². The van der Waals surface area contributed by atoms with Crippen LogP contribution in [0.3, 0.4) is 0 Å². The molecule has 0 saturated carbocycles. The summed E-state index contributed by atoms with van der Waals surface area (Å²) in [5, 5.41) is 11.8. The number of carboxylic acid groups (broad SMARTS) is 1. The maximum Gasteiger partial charge on any atom is 0.337 e. The fourth-order valence-corrected chi connectivity index (χ4v) is 4.10. The molecule has 1 aliphatic heterocycles. The normalized spacial score (nSPS) is 15.0. The Morgan fingerprint density at radius 2 is 1.74 bits per heavy atom. The first-order chi connectivity index (χ1) is 16.9. The Morgan fingerprint density at radius 3 is 2.40 bits per heavy atom. The van der Waals surface area contributed by atoms with Crippen LogP contribution in [0.1, 0.15) is 33.0 Å². The average Bonchev–Trinajstić information content (AvgIpc) is 3.17. The number of carbonyl (C=O) groups is 3. The number of esters is 1. The van der Waals surface area contributed by atoms with E-state index in [1.807, 2.05) is 54.6 Å². The number of hydrogen-bond acceptors (Lipinski definition) is 6. The molecule has 178 valence electrons. The predicted octanol–water partition coefficient (Wildman–Crippen LogP) is 3.85. The van der Waals surface area contributed by atoms with Crippen molar-refractivity contribution in [3.8, 4) is 0 Å². The standard InChI is InChI=1S/C27H25N3O5/c1-30(16-23(31)32)15-17-8-11-20(12-9-17)28-25(18-6-4-3-5-7-18)24-21-13-10-19(27(34)35-2)14-22(21)29-26(24)33/h3-14,24H,15-16H2,1-2H3,(H,29,33)(H,31,32). The van der Waals surface area contributed by atoms with Crippen molar-refractivity contribution in [2.45, 2.75) is 12.5 Å². The van der Waals surface area contributed by atoms with Crippen LogP contribution in [0, 0.1) is 0 Å². The molecule has 0 radical (unpaired) electrons. The first-order valence-corrected chi connectivity index (χ1v) is 11.0. The molecule has 1 aliphatic rings. The van der Waals surface area contributed by atoms with Crippen LogP contribution in [0.15, 0.2) is 77.8 Å². The first-order valence-electron chi connectivity index (χ1n) is 11.0. The Morgan fingerprint density at radius 1 is 1.03 bits per heavy atom. The molecule has 0 fully saturated rings. The van der Waals surface area contributed by atoms with Crippen molar-refractivity contribution in [3.05, 3.63) is 95.1 Å². The van der Waals surface area contributed by atoms with Gasteiger partial charge in [-0.25, -0.2) is 4.79 Å². The molecule has 0 aromatic heterocycles. The van der Waals surface area contributed by atoms with Crippen molar-refractivity contribution in [2.24, 2.45) is 4.99 Å². The molecule has 0 saturated heterocycles. The van der Waals surface area contributed by atoms with Gasteiger partial charge in [-0.2, -0.15) is 0 Å². The highest BCUT2D eigenvalue weighted by atomic mass is 16.5. The third-order valence-electron chi connectivity index (χ3n) is 5.69. The van der Waals surface area contributed by atoms with Crippen molar-refractivity contribution in [1.82, 2.24) is 4.90 Å². The Bertz CT molecular complexity index is 1290. The number of likely N-dealkylation sites (N-methyl/N-ethyl adjacent to an activating group) is 1. The van der Waals surface area contributed by atoms with Crippen LogP contribution in [0.25, 0.3) is 0 Å². The molecule has 0 bridgehead atoms. The molecule has 8 nitrogen and oxygen atoms in total. The molecule has 3 aromatic carbocycles. The molecule has 35 heavy (non-hydrogen) atoms. The number of nitrogens with zero attached hydrogens (tertiary/aromatic N) is 2. The van der Waals surface area contributed by atoms with Crippen LogP contribution in [-0.2, 0) is 20.9 Å². The predicted molar refractivity (Wildman–Crippen MR) is 132 cm³/mol. The highest BCUT2D eigenvalue weighted by molar-refractivity contribution is 6.24. The second-order valence-corrected chi connectivity index (χ2v) is 8.31. The number of hydrogen-bond donors (Lipinski definition) is 2. The summed E-state index contributed by atoms with van der Waals surface area (Å²) in [7, 11) is 3.06. The quantitative estimate of drug-likeness (QED) is 0.382. The molecule has 1 atom stereocenters. The maximum atomic E-state index is 13.1. The van der Waals surface area contributed by atoms with Crippen molar-refractivity contribution < 1.29 is 24.2 Å². The summed E-state index contributed by atoms with van der Waals surface area (Å²) in [4.78, 5) is 42.5. The zero-order chi connectivity index (χ0) is 24.9. The largest absolute Gasteiger partial charge is 0.480 e. The second kappa shape index (κ2) is 10.3. The lowest BCUT2D eigenvalue weighted by atomic mass is 9.90. The van der Waals surface area contributed by atoms with Crippen LogP contribution >= 0.6 is 0 Å². The Labute approximate surface area is 202 Å². The fourth-order valence-electron chi connectivity index (χ4n) is 4.10. The number of aliphatic imine (C=N–C) groups is 1. The summed E-state index contributed by atoms with van der Waals surface area (Å²) in [5.41, 5.74) is 4.66. The SMILES string of the molecule is COC(=O)c1ccc2c(c1)NC(=O)C2C(=Nc1ccc(CN(C)CC(=O)O)cc1)c1ccccc1. The molecule has 2 N–H and O–H groups in total. The average molecular weight is 472 g/mol. The number of carbonyl (C=O) groups excluding carboxylic acids is 2. The van der Waals surface area contributed by atoms with E-state index >= 15 is 0 Å². The van der Waals surface area contributed by atoms with Crippen LogP contribution < -0.4 is 5.32 Å². The van der Waals surface area contributed by atoms with Gasteiger partial charge in [0.2, 0.25) is 5.91 Å². The Balaban J connectivity index is 1.69. The lowest BCUT2D eigenvalue weighted by Gasteiger charge is -2.15. The second-order valence-electron chi connectivity index (χ2n) is 8.31. The van der Waals surface area contributed by atoms with Crippen LogP contribution in [0.2, 0.25) is 0 Å². The number of ether oxygens (including phenoxy) is 1. The van der Waals surface area contributed by atoms with E-state index in [4.69, 9.17) is 14.8 Å². The lowest BCUT2D eigenvalue weighted by Crippen LogP contribution is -2.25. The number of aliphatic carboxylic acids is 1. The number of methoxy groups -OCH3 is 1. The molecule has 1 amide bonds. The van der Waals surface area contributed by atoms with E-state index in [0.717, 1.165) is 16.7 Å². The van der Waals surface area contributed by atoms with Gasteiger partial charge in [-0.15, -0.1) is 0 Å². The smallest absolute Gasteiger partial charge is 0.337 e. The molecular formula is C27H25N3O5. The van der Waals surface area contributed by atoms with Crippen molar-refractivity contribution >= 4 is 34.9 Å². The highest BCUT2D eigenvalue weighted by Gasteiger charge is 2.36. The summed E-state index contributed by atoms with van der Waals surface area (Å²) < 4.78 is 4.79. The van der Waals surface area contributed by atoms with E-state index in [0.29, 0.717) is 29.2 Å². The summed E-state index contributed by atoms with van der Waals surface area (Å²) in [6.45, 7) is 0.439. The summed E-state index contributed by atoms with van der Waals surface area (Å²) in [6, 6.07) is 22.0. The molecular weight excluding hydrogens is 446 g/mol. The first kappa shape index (κ1) is 23.8. The number of amides is 1. The number of benzene rings is 3. The highest BCUT2D eigenvalue weighted by Crippen LogP contribution is 2.37. The summed E-state index contributed by atoms with van der Waals surface area (Å²) >= 11 is 0. The molecule has 4 rings (SSSR count). The van der Waals surface area contributed by atoms with Gasteiger partial charge < -0.3 is 15.2 Å². The van der Waals surface area contributed by atoms with Crippen molar-refractivity contribution in [3.63, 3.8) is 0 Å². The topological polar surface area (TPSA) is 108 Å². The zero-order valence-electron chi connectivity index (χ0n) is 19.4. The van der Waals surface area contributed by atoms with E-state index in [-0.39, 0.29) is 12.5 Å². The van der Waals surface area contributed by atoms with Gasteiger partial charge in [-0.05, 0) is 48.0 Å². The number of fused-ring (bicyclic) bond motifs is 1. The van der Waals surface area contributed by atoms with E-state index in [1.54, 1.807) is 30.1 Å². The molecule has 8 heteroatoms. The number of nitrogens with one attached hydrogen (secondary N) is 1. The zero-order valence-corrected chi connectivity index (χ0v) is 19.4. The molecule has 1 heterocycles. The molecule has 3 aromatic rings. The van der Waals surface area contributed by atoms with Gasteiger partial charge in [0, 0.05) is 12.2 Å². The van der Waals surface area contributed by atoms with Crippen LogP contribution in [-0.4, -0.2) is 54.3 Å².